The molecule has 8 nitrogen and oxygen atoms in total. The maximum Gasteiger partial charge on any atom is 0.416 e. The van der Waals surface area contributed by atoms with Gasteiger partial charge < -0.3 is 24.4 Å². The van der Waals surface area contributed by atoms with E-state index in [0.29, 0.717) is 38.2 Å². The summed E-state index contributed by atoms with van der Waals surface area (Å²) in [5.41, 5.74) is -1.10. The summed E-state index contributed by atoms with van der Waals surface area (Å²) in [7, 11) is 1.31. The lowest BCUT2D eigenvalue weighted by molar-refractivity contribution is -0.157. The number of aromatic nitrogens is 2. The molecule has 0 saturated carbocycles. The Kier molecular flexibility index (Phi) is 7.41. The Morgan fingerprint density at radius 1 is 1.17 bits per heavy atom. The highest BCUT2D eigenvalue weighted by Crippen LogP contribution is 2.36. The summed E-state index contributed by atoms with van der Waals surface area (Å²) in [4.78, 5) is 22.2. The van der Waals surface area contributed by atoms with Gasteiger partial charge in [0.2, 0.25) is 5.82 Å². The topological polar surface area (TPSA) is 85.8 Å². The molecule has 2 saturated heterocycles. The van der Waals surface area contributed by atoms with Gasteiger partial charge in [-0.25, -0.2) is 9.97 Å². The SMILES string of the molecule is COC(=O)C1(CNc2ncnc(N3CCOCC3c3ccc(C(F)(F)F)cc3)c2F)CCOCC1. The number of carbonyl (C=O) groups excluding carboxylic acids is 1. The number of esters is 1. The van der Waals surface area contributed by atoms with Gasteiger partial charge in [0.1, 0.15) is 6.33 Å². The van der Waals surface area contributed by atoms with Gasteiger partial charge >= 0.3 is 12.1 Å². The number of benzene rings is 1. The summed E-state index contributed by atoms with van der Waals surface area (Å²) in [5.74, 6) is -1.21. The molecule has 0 spiro atoms. The van der Waals surface area contributed by atoms with Crippen molar-refractivity contribution in [2.45, 2.75) is 25.1 Å². The molecule has 1 aromatic carbocycles. The molecule has 12 heteroatoms. The molecule has 0 aliphatic carbocycles. The average Bonchev–Trinajstić information content (AvgIpc) is 2.88. The van der Waals surface area contributed by atoms with Crippen molar-refractivity contribution in [3.63, 3.8) is 0 Å². The molecular formula is C23H26F4N4O4. The fourth-order valence-electron chi connectivity index (χ4n) is 4.40. The molecule has 0 amide bonds. The van der Waals surface area contributed by atoms with E-state index in [2.05, 4.69) is 15.3 Å². The van der Waals surface area contributed by atoms with Crippen molar-refractivity contribution < 1.29 is 36.6 Å². The zero-order valence-corrected chi connectivity index (χ0v) is 19.1. The van der Waals surface area contributed by atoms with E-state index in [1.54, 1.807) is 4.90 Å². The number of rotatable bonds is 6. The number of alkyl halides is 3. The Morgan fingerprint density at radius 3 is 2.54 bits per heavy atom. The summed E-state index contributed by atoms with van der Waals surface area (Å²) in [6.45, 7) is 1.61. The van der Waals surface area contributed by atoms with Gasteiger partial charge in [-0.15, -0.1) is 0 Å². The summed E-state index contributed by atoms with van der Waals surface area (Å²) < 4.78 is 70.3. The molecule has 1 aromatic heterocycles. The van der Waals surface area contributed by atoms with Crippen LogP contribution in [0.25, 0.3) is 0 Å². The standard InChI is InChI=1S/C23H26F4N4O4/c1-33-21(32)22(6-9-34-10-7-22)13-28-19-18(24)20(30-14-29-19)31-8-11-35-12-17(31)15-2-4-16(5-3-15)23(25,26)27/h2-5,14,17H,6-13H2,1H3,(H,28,29,30). The zero-order chi connectivity index (χ0) is 25.1. The number of ether oxygens (including phenoxy) is 3. The molecule has 1 atom stereocenters. The Hall–Kier alpha value is -2.99. The van der Waals surface area contributed by atoms with E-state index in [0.717, 1.165) is 12.1 Å². The summed E-state index contributed by atoms with van der Waals surface area (Å²) >= 11 is 0. The van der Waals surface area contributed by atoms with E-state index < -0.39 is 35.0 Å². The minimum absolute atomic E-state index is 0.00482. The van der Waals surface area contributed by atoms with E-state index in [1.165, 1.54) is 25.6 Å². The van der Waals surface area contributed by atoms with Crippen molar-refractivity contribution in [3.8, 4) is 0 Å². The number of nitrogens with one attached hydrogen (secondary N) is 1. The predicted molar refractivity (Wildman–Crippen MR) is 117 cm³/mol. The normalized spacial score (nSPS) is 20.4. The van der Waals surface area contributed by atoms with Gasteiger partial charge in [0.25, 0.3) is 0 Å². The van der Waals surface area contributed by atoms with E-state index in [1.807, 2.05) is 0 Å². The number of anilines is 2. The van der Waals surface area contributed by atoms with Gasteiger partial charge in [-0.2, -0.15) is 17.6 Å². The van der Waals surface area contributed by atoms with Gasteiger partial charge in [0.05, 0.1) is 37.3 Å². The number of methoxy groups -OCH3 is 1. The van der Waals surface area contributed by atoms with E-state index >= 15 is 4.39 Å². The molecule has 1 N–H and O–H groups in total. The monoisotopic (exact) mass is 498 g/mol. The molecule has 2 fully saturated rings. The van der Waals surface area contributed by atoms with Crippen molar-refractivity contribution >= 4 is 17.6 Å². The van der Waals surface area contributed by atoms with Crippen LogP contribution in [0, 0.1) is 11.2 Å². The first-order valence-electron chi connectivity index (χ1n) is 11.2. The van der Waals surface area contributed by atoms with Crippen LogP contribution in [0.1, 0.15) is 30.0 Å². The van der Waals surface area contributed by atoms with E-state index in [4.69, 9.17) is 14.2 Å². The molecule has 0 bridgehead atoms. The minimum atomic E-state index is -4.45. The second-order valence-electron chi connectivity index (χ2n) is 8.50. The molecule has 4 rings (SSSR count). The fraction of sp³-hybridized carbons (Fsp3) is 0.522. The van der Waals surface area contributed by atoms with Gasteiger partial charge in [-0.1, -0.05) is 12.1 Å². The molecule has 2 aliphatic rings. The lowest BCUT2D eigenvalue weighted by atomic mass is 9.80. The van der Waals surface area contributed by atoms with E-state index in [-0.39, 0.29) is 31.3 Å². The summed E-state index contributed by atoms with van der Waals surface area (Å²) in [6, 6.07) is 4.16. The summed E-state index contributed by atoms with van der Waals surface area (Å²) in [5, 5.41) is 2.93. The van der Waals surface area contributed by atoms with Crippen molar-refractivity contribution in [1.82, 2.24) is 9.97 Å². The number of hydrogen-bond donors (Lipinski definition) is 1. The van der Waals surface area contributed by atoms with Crippen molar-refractivity contribution in [1.29, 1.82) is 0 Å². The first kappa shape index (κ1) is 25.1. The van der Waals surface area contributed by atoms with Crippen LogP contribution in [0.15, 0.2) is 30.6 Å². The molecule has 0 radical (unpaired) electrons. The van der Waals surface area contributed by atoms with Crippen LogP contribution in [-0.4, -0.2) is 62.6 Å². The van der Waals surface area contributed by atoms with Crippen molar-refractivity contribution in [2.75, 3.05) is 56.8 Å². The highest BCUT2D eigenvalue weighted by molar-refractivity contribution is 5.77. The number of morpholine rings is 1. The van der Waals surface area contributed by atoms with Gasteiger partial charge in [0.15, 0.2) is 11.6 Å². The molecule has 2 aliphatic heterocycles. The first-order valence-corrected chi connectivity index (χ1v) is 11.2. The zero-order valence-electron chi connectivity index (χ0n) is 19.1. The van der Waals surface area contributed by atoms with Crippen molar-refractivity contribution in [2.24, 2.45) is 5.41 Å². The minimum Gasteiger partial charge on any atom is -0.469 e. The number of carbonyl (C=O) groups is 1. The number of hydrogen-bond acceptors (Lipinski definition) is 8. The van der Waals surface area contributed by atoms with Crippen LogP contribution in [0.2, 0.25) is 0 Å². The fourth-order valence-corrected chi connectivity index (χ4v) is 4.40. The maximum atomic E-state index is 15.6. The Labute approximate surface area is 199 Å². The molecule has 35 heavy (non-hydrogen) atoms. The Bertz CT molecular complexity index is 1030. The third kappa shape index (κ3) is 5.32. The Balaban J connectivity index is 1.57. The average molecular weight is 498 g/mol. The van der Waals surface area contributed by atoms with E-state index in [9.17, 15) is 18.0 Å². The highest BCUT2D eigenvalue weighted by atomic mass is 19.4. The second kappa shape index (κ2) is 10.3. The maximum absolute atomic E-state index is 15.6. The molecule has 3 heterocycles. The van der Waals surface area contributed by atoms with Crippen LogP contribution < -0.4 is 10.2 Å². The molecule has 1 unspecified atom stereocenters. The molecule has 190 valence electrons. The quantitative estimate of drug-likeness (QED) is 0.478. The third-order valence-corrected chi connectivity index (χ3v) is 6.46. The van der Waals surface area contributed by atoms with Crippen LogP contribution in [-0.2, 0) is 25.2 Å². The Morgan fingerprint density at radius 2 is 1.89 bits per heavy atom. The second-order valence-corrected chi connectivity index (χ2v) is 8.50. The summed E-state index contributed by atoms with van der Waals surface area (Å²) in [6.07, 6.45) is -2.40. The molecular weight excluding hydrogens is 472 g/mol. The van der Waals surface area contributed by atoms with Crippen LogP contribution >= 0.6 is 0 Å². The highest BCUT2D eigenvalue weighted by Gasteiger charge is 2.41. The van der Waals surface area contributed by atoms with Gasteiger partial charge in [0, 0.05) is 26.3 Å². The van der Waals surface area contributed by atoms with Crippen LogP contribution in [0.4, 0.5) is 29.2 Å². The van der Waals surface area contributed by atoms with Gasteiger partial charge in [-0.05, 0) is 30.5 Å². The largest absolute Gasteiger partial charge is 0.469 e. The third-order valence-electron chi connectivity index (χ3n) is 6.46. The lowest BCUT2D eigenvalue weighted by Gasteiger charge is -2.37. The van der Waals surface area contributed by atoms with Crippen molar-refractivity contribution in [3.05, 3.63) is 47.5 Å². The predicted octanol–water partition coefficient (Wildman–Crippen LogP) is 3.59. The lowest BCUT2D eigenvalue weighted by Crippen LogP contribution is -2.44. The van der Waals surface area contributed by atoms with Gasteiger partial charge in [-0.3, -0.25) is 4.79 Å². The van der Waals surface area contributed by atoms with Crippen LogP contribution in [0.5, 0.6) is 0 Å². The first-order chi connectivity index (χ1) is 16.7. The molecule has 2 aromatic rings. The smallest absolute Gasteiger partial charge is 0.416 e. The van der Waals surface area contributed by atoms with Crippen LogP contribution in [0.3, 0.4) is 0 Å². The number of nitrogens with zero attached hydrogens (tertiary/aromatic N) is 3. The number of halogens is 4.